The lowest BCUT2D eigenvalue weighted by Gasteiger charge is -2.36. The number of thiophene rings is 1. The maximum Gasteiger partial charge on any atom is 0.260 e. The molecule has 2 aliphatic rings. The van der Waals surface area contributed by atoms with Gasteiger partial charge in [0, 0.05) is 42.0 Å². The number of rotatable bonds is 6. The summed E-state index contributed by atoms with van der Waals surface area (Å²) in [5, 5.41) is 1.92. The van der Waals surface area contributed by atoms with Crippen molar-refractivity contribution in [3.8, 4) is 5.75 Å². The molecule has 35 heavy (non-hydrogen) atoms. The standard InChI is InChI=1S/C27H33ClN4O2S/c1-3-18(2)25-29-26(24-21-7-5-4-6-8-22(21)35-27(24)30-25)32-15-13-31(14-16-32)23(33)17-34-20-11-9-19(28)10-12-20/h9-12,18H,3-8,13-17H2,1-2H3/t18-/m0/s1. The van der Waals surface area contributed by atoms with Crippen molar-refractivity contribution >= 4 is 44.9 Å². The molecule has 3 aromatic rings. The van der Waals surface area contributed by atoms with Gasteiger partial charge in [-0.1, -0.05) is 31.9 Å². The number of benzene rings is 1. The van der Waals surface area contributed by atoms with Gasteiger partial charge >= 0.3 is 0 Å². The Hall–Kier alpha value is -2.38. The molecule has 0 unspecified atom stereocenters. The molecule has 0 N–H and O–H groups in total. The van der Waals surface area contributed by atoms with E-state index in [0.717, 1.165) is 48.8 Å². The Bertz CT molecular complexity index is 1190. The number of carbonyl (C=O) groups excluding carboxylic acids is 1. The zero-order valence-corrected chi connectivity index (χ0v) is 22.1. The number of hydrogen-bond acceptors (Lipinski definition) is 6. The first-order chi connectivity index (χ1) is 17.0. The van der Waals surface area contributed by atoms with E-state index in [-0.39, 0.29) is 12.5 Å². The van der Waals surface area contributed by atoms with Gasteiger partial charge in [0.2, 0.25) is 0 Å². The second-order valence-electron chi connectivity index (χ2n) is 9.57. The van der Waals surface area contributed by atoms with Crippen molar-refractivity contribution in [2.45, 2.75) is 58.3 Å². The van der Waals surface area contributed by atoms with Crippen LogP contribution in [0.25, 0.3) is 10.2 Å². The summed E-state index contributed by atoms with van der Waals surface area (Å²) in [6.07, 6.45) is 7.09. The number of anilines is 1. The summed E-state index contributed by atoms with van der Waals surface area (Å²) < 4.78 is 5.68. The molecule has 0 saturated carbocycles. The average molecular weight is 513 g/mol. The molecule has 0 radical (unpaired) electrons. The van der Waals surface area contributed by atoms with Crippen molar-refractivity contribution in [1.82, 2.24) is 14.9 Å². The third-order valence-electron chi connectivity index (χ3n) is 7.22. The van der Waals surface area contributed by atoms with Gasteiger partial charge in [-0.3, -0.25) is 4.79 Å². The van der Waals surface area contributed by atoms with Crippen LogP contribution in [0.5, 0.6) is 5.75 Å². The van der Waals surface area contributed by atoms with Crippen LogP contribution in [0.2, 0.25) is 5.02 Å². The Morgan fingerprint density at radius 3 is 2.57 bits per heavy atom. The molecule has 1 fully saturated rings. The molecule has 1 amide bonds. The van der Waals surface area contributed by atoms with Gasteiger partial charge in [-0.25, -0.2) is 9.97 Å². The van der Waals surface area contributed by atoms with Crippen LogP contribution in [0.4, 0.5) is 5.82 Å². The molecule has 1 saturated heterocycles. The quantitative estimate of drug-likeness (QED) is 0.387. The first kappa shape index (κ1) is 24.3. The second kappa shape index (κ2) is 10.7. The number of aromatic nitrogens is 2. The summed E-state index contributed by atoms with van der Waals surface area (Å²) in [5.74, 6) is 3.01. The summed E-state index contributed by atoms with van der Waals surface area (Å²) in [6.45, 7) is 7.31. The second-order valence-corrected chi connectivity index (χ2v) is 11.1. The van der Waals surface area contributed by atoms with E-state index in [1.54, 1.807) is 24.3 Å². The first-order valence-electron chi connectivity index (χ1n) is 12.8. The number of carbonyl (C=O) groups is 1. The van der Waals surface area contributed by atoms with Crippen LogP contribution in [0.15, 0.2) is 24.3 Å². The van der Waals surface area contributed by atoms with E-state index >= 15 is 0 Å². The highest BCUT2D eigenvalue weighted by Gasteiger charge is 2.28. The lowest BCUT2D eigenvalue weighted by atomic mass is 10.1. The van der Waals surface area contributed by atoms with Crippen molar-refractivity contribution in [3.63, 3.8) is 0 Å². The number of nitrogens with zero attached hydrogens (tertiary/aromatic N) is 4. The normalized spacial score (nSPS) is 17.2. The minimum atomic E-state index is 0.0112. The average Bonchev–Trinajstić information content (AvgIpc) is 3.07. The third-order valence-corrected chi connectivity index (χ3v) is 8.66. The van der Waals surface area contributed by atoms with Gasteiger partial charge < -0.3 is 14.5 Å². The molecule has 1 aliphatic carbocycles. The Morgan fingerprint density at radius 2 is 1.83 bits per heavy atom. The van der Waals surface area contributed by atoms with E-state index in [1.165, 1.54) is 35.1 Å². The molecule has 2 aromatic heterocycles. The summed E-state index contributed by atoms with van der Waals surface area (Å²) in [5.41, 5.74) is 1.48. The summed E-state index contributed by atoms with van der Waals surface area (Å²) in [4.78, 5) is 29.9. The van der Waals surface area contributed by atoms with Crippen LogP contribution in [-0.4, -0.2) is 53.6 Å². The van der Waals surface area contributed by atoms with E-state index in [4.69, 9.17) is 26.3 Å². The number of hydrogen-bond donors (Lipinski definition) is 0. The van der Waals surface area contributed by atoms with Crippen LogP contribution >= 0.6 is 22.9 Å². The predicted molar refractivity (Wildman–Crippen MR) is 143 cm³/mol. The number of ether oxygens (including phenoxy) is 1. The van der Waals surface area contributed by atoms with Crippen LogP contribution in [0, 0.1) is 0 Å². The van der Waals surface area contributed by atoms with Crippen molar-refractivity contribution in [1.29, 1.82) is 0 Å². The van der Waals surface area contributed by atoms with Gasteiger partial charge in [0.05, 0.1) is 5.39 Å². The molecule has 6 nitrogen and oxygen atoms in total. The van der Waals surface area contributed by atoms with Gasteiger partial charge in [-0.15, -0.1) is 11.3 Å². The van der Waals surface area contributed by atoms with Crippen LogP contribution in [-0.2, 0) is 17.6 Å². The fourth-order valence-electron chi connectivity index (χ4n) is 4.90. The van der Waals surface area contributed by atoms with Crippen molar-refractivity contribution in [2.75, 3.05) is 37.7 Å². The van der Waals surface area contributed by atoms with Crippen LogP contribution in [0.3, 0.4) is 0 Å². The summed E-state index contributed by atoms with van der Waals surface area (Å²) >= 11 is 7.80. The maximum atomic E-state index is 12.8. The molecule has 5 rings (SSSR count). The fraction of sp³-hybridized carbons (Fsp3) is 0.519. The lowest BCUT2D eigenvalue weighted by molar-refractivity contribution is -0.133. The number of halogens is 1. The molecule has 1 atom stereocenters. The Balaban J connectivity index is 1.33. The SMILES string of the molecule is CC[C@H](C)c1nc(N2CCN(C(=O)COc3ccc(Cl)cc3)CC2)c2c3c(sc2n1)CCCCC3. The molecule has 0 spiro atoms. The van der Waals surface area contributed by atoms with Gasteiger partial charge in [0.25, 0.3) is 5.91 Å². The monoisotopic (exact) mass is 512 g/mol. The Morgan fingerprint density at radius 1 is 1.09 bits per heavy atom. The predicted octanol–water partition coefficient (Wildman–Crippen LogP) is 5.85. The third kappa shape index (κ3) is 5.26. The summed E-state index contributed by atoms with van der Waals surface area (Å²) in [7, 11) is 0. The highest BCUT2D eigenvalue weighted by molar-refractivity contribution is 7.19. The van der Waals surface area contributed by atoms with E-state index in [1.807, 2.05) is 16.2 Å². The van der Waals surface area contributed by atoms with Gasteiger partial charge in [0.1, 0.15) is 22.2 Å². The molecular formula is C27H33ClN4O2S. The molecule has 1 aliphatic heterocycles. The molecule has 0 bridgehead atoms. The topological polar surface area (TPSA) is 58.6 Å². The highest BCUT2D eigenvalue weighted by Crippen LogP contribution is 2.40. The van der Waals surface area contributed by atoms with E-state index in [9.17, 15) is 4.79 Å². The zero-order chi connectivity index (χ0) is 24.4. The number of fused-ring (bicyclic) bond motifs is 3. The van der Waals surface area contributed by atoms with Crippen LogP contribution in [0.1, 0.15) is 61.7 Å². The zero-order valence-electron chi connectivity index (χ0n) is 20.6. The molecule has 8 heteroatoms. The van der Waals surface area contributed by atoms with E-state index in [2.05, 4.69) is 18.7 Å². The van der Waals surface area contributed by atoms with Crippen molar-refractivity contribution in [3.05, 3.63) is 45.6 Å². The molecule has 3 heterocycles. The number of aryl methyl sites for hydroxylation is 2. The molecular weight excluding hydrogens is 480 g/mol. The van der Waals surface area contributed by atoms with Crippen molar-refractivity contribution in [2.24, 2.45) is 0 Å². The Labute approximate surface area is 216 Å². The van der Waals surface area contributed by atoms with Gasteiger partial charge in [0.15, 0.2) is 6.61 Å². The number of piperazine rings is 1. The lowest BCUT2D eigenvalue weighted by Crippen LogP contribution is -2.50. The van der Waals surface area contributed by atoms with Gasteiger partial charge in [-0.2, -0.15) is 0 Å². The molecule has 186 valence electrons. The summed E-state index contributed by atoms with van der Waals surface area (Å²) in [6, 6.07) is 7.10. The molecule has 1 aromatic carbocycles. The minimum Gasteiger partial charge on any atom is -0.484 e. The van der Waals surface area contributed by atoms with E-state index in [0.29, 0.717) is 29.8 Å². The van der Waals surface area contributed by atoms with Gasteiger partial charge in [-0.05, 0) is 61.9 Å². The van der Waals surface area contributed by atoms with Crippen molar-refractivity contribution < 1.29 is 9.53 Å². The first-order valence-corrected chi connectivity index (χ1v) is 14.0. The fourth-order valence-corrected chi connectivity index (χ4v) is 6.29. The largest absolute Gasteiger partial charge is 0.484 e. The number of amides is 1. The van der Waals surface area contributed by atoms with E-state index < -0.39 is 0 Å². The Kier molecular flexibility index (Phi) is 7.44. The smallest absolute Gasteiger partial charge is 0.260 e. The highest BCUT2D eigenvalue weighted by atomic mass is 35.5. The maximum absolute atomic E-state index is 12.8. The van der Waals surface area contributed by atoms with Crippen LogP contribution < -0.4 is 9.64 Å². The minimum absolute atomic E-state index is 0.0112.